The predicted molar refractivity (Wildman–Crippen MR) is 70.8 cm³/mol. The molecule has 0 aliphatic rings. The maximum atomic E-state index is 13.1. The van der Waals surface area contributed by atoms with Crippen LogP contribution in [0, 0.1) is 11.2 Å². The lowest BCUT2D eigenvalue weighted by atomic mass is 10.2. The van der Waals surface area contributed by atoms with Crippen LogP contribution in [0.3, 0.4) is 0 Å². The third kappa shape index (κ3) is 3.00. The maximum Gasteiger partial charge on any atom is 0.124 e. The first-order valence-electron chi connectivity index (χ1n) is 4.99. The first kappa shape index (κ1) is 12.9. The van der Waals surface area contributed by atoms with E-state index in [0.717, 1.165) is 0 Å². The fraction of sp³-hybridized carbons (Fsp3) is 0. The van der Waals surface area contributed by atoms with E-state index >= 15 is 0 Å². The third-order valence-electron chi connectivity index (χ3n) is 2.15. The van der Waals surface area contributed by atoms with Crippen molar-refractivity contribution in [1.82, 2.24) is 4.98 Å². The Labute approximate surface area is 113 Å². The third-order valence-corrected chi connectivity index (χ3v) is 3.40. The van der Waals surface area contributed by atoms with Crippen molar-refractivity contribution >= 4 is 29.2 Å². The summed E-state index contributed by atoms with van der Waals surface area (Å²) in [6.45, 7) is 0. The molecule has 0 saturated heterocycles. The molecule has 1 aromatic carbocycles. The molecule has 0 radical (unpaired) electrons. The molecule has 2 aromatic rings. The first-order valence-corrected chi connectivity index (χ1v) is 6.19. The molecule has 0 fully saturated rings. The standard InChI is InChI=1S/C12H9ClFN3S/c13-7-1-4-11(17-6-7)18-10-3-2-8(14)5-9(10)12(15)16/h1-6H,(H3,15,16). The zero-order chi connectivity index (χ0) is 13.1. The Balaban J connectivity index is 2.34. The van der Waals surface area contributed by atoms with Crippen LogP contribution in [0.2, 0.25) is 5.02 Å². The Kier molecular flexibility index (Phi) is 3.84. The number of pyridine rings is 1. The van der Waals surface area contributed by atoms with Crippen molar-refractivity contribution in [1.29, 1.82) is 5.41 Å². The highest BCUT2D eigenvalue weighted by Crippen LogP contribution is 2.29. The molecule has 1 aromatic heterocycles. The van der Waals surface area contributed by atoms with Gasteiger partial charge in [-0.05, 0) is 30.3 Å². The SMILES string of the molecule is N=C(N)c1cc(F)ccc1Sc1ccc(Cl)cn1. The highest BCUT2D eigenvalue weighted by atomic mass is 35.5. The molecule has 18 heavy (non-hydrogen) atoms. The summed E-state index contributed by atoms with van der Waals surface area (Å²) in [4.78, 5) is 4.80. The monoisotopic (exact) mass is 281 g/mol. The first-order chi connectivity index (χ1) is 8.56. The molecule has 0 saturated carbocycles. The number of nitrogens with zero attached hydrogens (tertiary/aromatic N) is 1. The van der Waals surface area contributed by atoms with Gasteiger partial charge in [-0.1, -0.05) is 23.4 Å². The lowest BCUT2D eigenvalue weighted by Crippen LogP contribution is -2.12. The van der Waals surface area contributed by atoms with E-state index in [1.54, 1.807) is 18.2 Å². The summed E-state index contributed by atoms with van der Waals surface area (Å²) in [6.07, 6.45) is 1.53. The number of nitrogens with one attached hydrogen (secondary N) is 1. The second-order valence-electron chi connectivity index (χ2n) is 3.47. The summed E-state index contributed by atoms with van der Waals surface area (Å²) in [5.74, 6) is -0.598. The molecule has 6 heteroatoms. The summed E-state index contributed by atoms with van der Waals surface area (Å²) >= 11 is 7.04. The zero-order valence-corrected chi connectivity index (χ0v) is 10.7. The number of hydrogen-bond donors (Lipinski definition) is 2. The van der Waals surface area contributed by atoms with E-state index in [1.807, 2.05) is 0 Å². The van der Waals surface area contributed by atoms with Gasteiger partial charge in [0.15, 0.2) is 0 Å². The quantitative estimate of drug-likeness (QED) is 0.670. The van der Waals surface area contributed by atoms with Crippen LogP contribution in [0.4, 0.5) is 4.39 Å². The summed E-state index contributed by atoms with van der Waals surface area (Å²) in [7, 11) is 0. The minimum Gasteiger partial charge on any atom is -0.384 e. The van der Waals surface area contributed by atoms with Gasteiger partial charge >= 0.3 is 0 Å². The van der Waals surface area contributed by atoms with Gasteiger partial charge < -0.3 is 5.73 Å². The second kappa shape index (κ2) is 5.37. The maximum absolute atomic E-state index is 13.1. The average Bonchev–Trinajstić information content (AvgIpc) is 2.34. The van der Waals surface area contributed by atoms with Crippen molar-refractivity contribution < 1.29 is 4.39 Å². The van der Waals surface area contributed by atoms with Gasteiger partial charge in [0.05, 0.1) is 5.02 Å². The van der Waals surface area contributed by atoms with E-state index in [-0.39, 0.29) is 5.84 Å². The van der Waals surface area contributed by atoms with Crippen LogP contribution in [-0.4, -0.2) is 10.8 Å². The summed E-state index contributed by atoms with van der Waals surface area (Å²) in [5, 5.41) is 8.68. The van der Waals surface area contributed by atoms with Gasteiger partial charge in [-0.25, -0.2) is 9.37 Å². The molecule has 0 amide bonds. The van der Waals surface area contributed by atoms with Crippen LogP contribution in [0.15, 0.2) is 46.5 Å². The highest BCUT2D eigenvalue weighted by Gasteiger charge is 2.09. The number of benzene rings is 1. The predicted octanol–water partition coefficient (Wildman–Crippen LogP) is 3.31. The Morgan fingerprint density at radius 3 is 2.72 bits per heavy atom. The van der Waals surface area contributed by atoms with Crippen LogP contribution in [0.1, 0.15) is 5.56 Å². The number of nitrogens with two attached hydrogens (primary N) is 1. The molecular formula is C12H9ClFN3S. The van der Waals surface area contributed by atoms with Gasteiger partial charge in [-0.2, -0.15) is 0 Å². The largest absolute Gasteiger partial charge is 0.384 e. The molecular weight excluding hydrogens is 273 g/mol. The average molecular weight is 282 g/mol. The van der Waals surface area contributed by atoms with E-state index in [2.05, 4.69) is 4.98 Å². The van der Waals surface area contributed by atoms with Crippen molar-refractivity contribution in [3.05, 3.63) is 52.9 Å². The van der Waals surface area contributed by atoms with E-state index in [4.69, 9.17) is 22.7 Å². The van der Waals surface area contributed by atoms with Gasteiger partial charge in [0.1, 0.15) is 16.7 Å². The normalized spacial score (nSPS) is 10.3. The molecule has 0 atom stereocenters. The van der Waals surface area contributed by atoms with Gasteiger partial charge in [-0.3, -0.25) is 5.41 Å². The van der Waals surface area contributed by atoms with Crippen molar-refractivity contribution in [2.45, 2.75) is 9.92 Å². The van der Waals surface area contributed by atoms with E-state index in [1.165, 1.54) is 30.1 Å². The topological polar surface area (TPSA) is 62.8 Å². The van der Waals surface area contributed by atoms with Crippen LogP contribution in [-0.2, 0) is 0 Å². The Hall–Kier alpha value is -1.59. The van der Waals surface area contributed by atoms with E-state index < -0.39 is 5.82 Å². The van der Waals surface area contributed by atoms with Crippen LogP contribution < -0.4 is 5.73 Å². The van der Waals surface area contributed by atoms with Crippen molar-refractivity contribution in [3.8, 4) is 0 Å². The number of aromatic nitrogens is 1. The summed E-state index contributed by atoms with van der Waals surface area (Å²) < 4.78 is 13.1. The molecule has 3 nitrogen and oxygen atoms in total. The molecule has 0 unspecified atom stereocenters. The molecule has 0 aliphatic heterocycles. The Morgan fingerprint density at radius 1 is 1.33 bits per heavy atom. The number of amidine groups is 1. The van der Waals surface area contributed by atoms with Gasteiger partial charge in [0, 0.05) is 16.7 Å². The minimum atomic E-state index is -0.423. The van der Waals surface area contributed by atoms with E-state index in [9.17, 15) is 4.39 Å². The van der Waals surface area contributed by atoms with Crippen molar-refractivity contribution in [2.75, 3.05) is 0 Å². The highest BCUT2D eigenvalue weighted by molar-refractivity contribution is 7.99. The second-order valence-corrected chi connectivity index (χ2v) is 4.97. The minimum absolute atomic E-state index is 0.175. The number of hydrogen-bond acceptors (Lipinski definition) is 3. The Bertz CT molecular complexity index is 586. The van der Waals surface area contributed by atoms with Crippen molar-refractivity contribution in [3.63, 3.8) is 0 Å². The van der Waals surface area contributed by atoms with Gasteiger partial charge in [0.2, 0.25) is 0 Å². The van der Waals surface area contributed by atoms with Crippen molar-refractivity contribution in [2.24, 2.45) is 5.73 Å². The smallest absolute Gasteiger partial charge is 0.124 e. The van der Waals surface area contributed by atoms with Crippen LogP contribution in [0.25, 0.3) is 0 Å². The molecule has 1 heterocycles. The summed E-state index contributed by atoms with van der Waals surface area (Å²) in [6, 6.07) is 7.60. The Morgan fingerprint density at radius 2 is 2.11 bits per heavy atom. The van der Waals surface area contributed by atoms with Gasteiger partial charge in [-0.15, -0.1) is 0 Å². The fourth-order valence-electron chi connectivity index (χ4n) is 1.34. The molecule has 2 rings (SSSR count). The van der Waals surface area contributed by atoms with Crippen LogP contribution in [0.5, 0.6) is 0 Å². The molecule has 3 N–H and O–H groups in total. The number of nitrogen functional groups attached to an aromatic ring is 1. The van der Waals surface area contributed by atoms with Gasteiger partial charge in [0.25, 0.3) is 0 Å². The zero-order valence-electron chi connectivity index (χ0n) is 9.15. The molecule has 0 aliphatic carbocycles. The number of halogens is 2. The number of rotatable bonds is 3. The lowest BCUT2D eigenvalue weighted by molar-refractivity contribution is 0.626. The molecule has 0 bridgehead atoms. The molecule has 92 valence electrons. The lowest BCUT2D eigenvalue weighted by Gasteiger charge is -2.07. The summed E-state index contributed by atoms with van der Waals surface area (Å²) in [5.41, 5.74) is 5.78. The fourth-order valence-corrected chi connectivity index (χ4v) is 2.33. The van der Waals surface area contributed by atoms with Crippen LogP contribution >= 0.6 is 23.4 Å². The molecule has 0 spiro atoms. The van der Waals surface area contributed by atoms with E-state index in [0.29, 0.717) is 20.5 Å².